The standard InChI is InChI=1S/C12H17N3O/c1-8-15-11-4-3-9(7-12(11)16-8)10(13)5-6-14-2/h3-4,7,10,14H,5-6,13H2,1-2H3. The van der Waals surface area contributed by atoms with E-state index >= 15 is 0 Å². The lowest BCUT2D eigenvalue weighted by Crippen LogP contribution is -2.17. The molecule has 3 N–H and O–H groups in total. The van der Waals surface area contributed by atoms with Gasteiger partial charge in [0, 0.05) is 13.0 Å². The van der Waals surface area contributed by atoms with Crippen molar-refractivity contribution in [3.63, 3.8) is 0 Å². The molecule has 1 aromatic heterocycles. The van der Waals surface area contributed by atoms with E-state index in [1.54, 1.807) is 0 Å². The number of benzene rings is 1. The fourth-order valence-corrected chi connectivity index (χ4v) is 1.75. The molecule has 1 atom stereocenters. The summed E-state index contributed by atoms with van der Waals surface area (Å²) in [5, 5.41) is 3.09. The molecule has 16 heavy (non-hydrogen) atoms. The van der Waals surface area contributed by atoms with Gasteiger partial charge in [0.15, 0.2) is 11.5 Å². The lowest BCUT2D eigenvalue weighted by atomic mass is 10.0. The summed E-state index contributed by atoms with van der Waals surface area (Å²) in [5.74, 6) is 0.691. The van der Waals surface area contributed by atoms with Crippen LogP contribution in [0.4, 0.5) is 0 Å². The molecule has 2 rings (SSSR count). The summed E-state index contributed by atoms with van der Waals surface area (Å²) in [5.41, 5.74) is 8.88. The maximum atomic E-state index is 6.08. The van der Waals surface area contributed by atoms with E-state index < -0.39 is 0 Å². The van der Waals surface area contributed by atoms with Crippen molar-refractivity contribution in [2.45, 2.75) is 19.4 Å². The molecule has 0 aliphatic heterocycles. The molecule has 0 fully saturated rings. The van der Waals surface area contributed by atoms with Crippen LogP contribution < -0.4 is 11.1 Å². The molecule has 4 nitrogen and oxygen atoms in total. The van der Waals surface area contributed by atoms with Crippen molar-refractivity contribution < 1.29 is 4.42 Å². The van der Waals surface area contributed by atoms with E-state index in [1.807, 2.05) is 32.2 Å². The van der Waals surface area contributed by atoms with E-state index in [2.05, 4.69) is 10.3 Å². The highest BCUT2D eigenvalue weighted by Crippen LogP contribution is 2.21. The highest BCUT2D eigenvalue weighted by atomic mass is 16.3. The van der Waals surface area contributed by atoms with Gasteiger partial charge in [0.25, 0.3) is 0 Å². The number of aryl methyl sites for hydroxylation is 1. The van der Waals surface area contributed by atoms with Gasteiger partial charge in [-0.15, -0.1) is 0 Å². The highest BCUT2D eigenvalue weighted by Gasteiger charge is 2.08. The monoisotopic (exact) mass is 219 g/mol. The molecular weight excluding hydrogens is 202 g/mol. The smallest absolute Gasteiger partial charge is 0.192 e. The molecule has 1 unspecified atom stereocenters. The van der Waals surface area contributed by atoms with Crippen molar-refractivity contribution in [2.75, 3.05) is 13.6 Å². The van der Waals surface area contributed by atoms with Gasteiger partial charge in [-0.25, -0.2) is 4.98 Å². The van der Waals surface area contributed by atoms with E-state index in [0.717, 1.165) is 29.6 Å². The van der Waals surface area contributed by atoms with Crippen LogP contribution in [0, 0.1) is 6.92 Å². The number of rotatable bonds is 4. The van der Waals surface area contributed by atoms with Crippen LogP contribution in [0.25, 0.3) is 11.1 Å². The summed E-state index contributed by atoms with van der Waals surface area (Å²) in [7, 11) is 1.93. The molecule has 0 amide bonds. The second kappa shape index (κ2) is 4.63. The van der Waals surface area contributed by atoms with Crippen LogP contribution in [-0.2, 0) is 0 Å². The first-order valence-corrected chi connectivity index (χ1v) is 5.48. The van der Waals surface area contributed by atoms with Gasteiger partial charge in [-0.05, 0) is 37.7 Å². The minimum absolute atomic E-state index is 0.0438. The zero-order valence-electron chi connectivity index (χ0n) is 9.66. The first-order chi connectivity index (χ1) is 7.70. The molecule has 0 aliphatic rings. The van der Waals surface area contributed by atoms with Gasteiger partial charge in [0.2, 0.25) is 0 Å². The Kier molecular flexibility index (Phi) is 3.22. The Morgan fingerprint density at radius 3 is 3.06 bits per heavy atom. The topological polar surface area (TPSA) is 64.1 Å². The molecule has 1 heterocycles. The normalized spacial score (nSPS) is 13.2. The third-order valence-electron chi connectivity index (χ3n) is 2.65. The second-order valence-corrected chi connectivity index (χ2v) is 3.96. The summed E-state index contributed by atoms with van der Waals surface area (Å²) >= 11 is 0. The third-order valence-corrected chi connectivity index (χ3v) is 2.65. The maximum absolute atomic E-state index is 6.08. The molecule has 2 aromatic rings. The van der Waals surface area contributed by atoms with Gasteiger partial charge >= 0.3 is 0 Å². The minimum atomic E-state index is 0.0438. The van der Waals surface area contributed by atoms with Crippen molar-refractivity contribution in [1.29, 1.82) is 0 Å². The van der Waals surface area contributed by atoms with Crippen LogP contribution in [0.2, 0.25) is 0 Å². The Balaban J connectivity index is 2.24. The van der Waals surface area contributed by atoms with Crippen LogP contribution >= 0.6 is 0 Å². The van der Waals surface area contributed by atoms with Crippen LogP contribution in [0.15, 0.2) is 22.6 Å². The van der Waals surface area contributed by atoms with E-state index in [4.69, 9.17) is 10.2 Å². The molecular formula is C12H17N3O. The maximum Gasteiger partial charge on any atom is 0.192 e. The van der Waals surface area contributed by atoms with E-state index in [-0.39, 0.29) is 6.04 Å². The first-order valence-electron chi connectivity index (χ1n) is 5.48. The second-order valence-electron chi connectivity index (χ2n) is 3.96. The van der Waals surface area contributed by atoms with Crippen LogP contribution in [0.1, 0.15) is 23.9 Å². The van der Waals surface area contributed by atoms with Gasteiger partial charge in [0.05, 0.1) is 0 Å². The number of nitrogens with zero attached hydrogens (tertiary/aromatic N) is 1. The molecule has 0 aliphatic carbocycles. The van der Waals surface area contributed by atoms with E-state index in [9.17, 15) is 0 Å². The van der Waals surface area contributed by atoms with E-state index in [0.29, 0.717) is 5.89 Å². The van der Waals surface area contributed by atoms with E-state index in [1.165, 1.54) is 0 Å². The quantitative estimate of drug-likeness (QED) is 0.822. The summed E-state index contributed by atoms with van der Waals surface area (Å²) in [6.07, 6.45) is 0.912. The lowest BCUT2D eigenvalue weighted by molar-refractivity contribution is 0.559. The van der Waals surface area contributed by atoms with Crippen molar-refractivity contribution in [1.82, 2.24) is 10.3 Å². The molecule has 1 aromatic carbocycles. The summed E-state index contributed by atoms with van der Waals surface area (Å²) < 4.78 is 5.48. The van der Waals surface area contributed by atoms with Gasteiger partial charge in [-0.2, -0.15) is 0 Å². The van der Waals surface area contributed by atoms with Crippen LogP contribution in [-0.4, -0.2) is 18.6 Å². The highest BCUT2D eigenvalue weighted by molar-refractivity contribution is 5.73. The Bertz CT molecular complexity index is 478. The van der Waals surface area contributed by atoms with Gasteiger partial charge in [-0.1, -0.05) is 6.07 Å². The average Bonchev–Trinajstić information content (AvgIpc) is 2.64. The number of oxazole rings is 1. The Morgan fingerprint density at radius 1 is 1.50 bits per heavy atom. The Hall–Kier alpha value is -1.39. The third kappa shape index (κ3) is 2.23. The van der Waals surface area contributed by atoms with Crippen LogP contribution in [0.5, 0.6) is 0 Å². The molecule has 0 spiro atoms. The average molecular weight is 219 g/mol. The van der Waals surface area contributed by atoms with Crippen LogP contribution in [0.3, 0.4) is 0 Å². The van der Waals surface area contributed by atoms with Crippen molar-refractivity contribution in [2.24, 2.45) is 5.73 Å². The number of hydrogen-bond donors (Lipinski definition) is 2. The van der Waals surface area contributed by atoms with Gasteiger partial charge < -0.3 is 15.5 Å². The number of nitrogens with two attached hydrogens (primary N) is 1. The molecule has 0 saturated carbocycles. The molecule has 4 heteroatoms. The fourth-order valence-electron chi connectivity index (χ4n) is 1.75. The predicted molar refractivity (Wildman–Crippen MR) is 64.2 cm³/mol. The number of aromatic nitrogens is 1. The SMILES string of the molecule is CNCCC(N)c1ccc2nc(C)oc2c1. The minimum Gasteiger partial charge on any atom is -0.441 e. The summed E-state index contributed by atoms with van der Waals surface area (Å²) in [6, 6.07) is 6.00. The zero-order valence-corrected chi connectivity index (χ0v) is 9.66. The molecule has 0 bridgehead atoms. The number of nitrogens with one attached hydrogen (secondary N) is 1. The van der Waals surface area contributed by atoms with Crippen molar-refractivity contribution >= 4 is 11.1 Å². The van der Waals surface area contributed by atoms with Gasteiger partial charge in [0.1, 0.15) is 5.52 Å². The predicted octanol–water partition coefficient (Wildman–Crippen LogP) is 1.75. The Morgan fingerprint density at radius 2 is 2.31 bits per heavy atom. The first kappa shape index (κ1) is 11.1. The van der Waals surface area contributed by atoms with Gasteiger partial charge in [-0.3, -0.25) is 0 Å². The Labute approximate surface area is 94.8 Å². The number of fused-ring (bicyclic) bond motifs is 1. The largest absolute Gasteiger partial charge is 0.441 e. The van der Waals surface area contributed by atoms with Crippen molar-refractivity contribution in [3.05, 3.63) is 29.7 Å². The molecule has 0 saturated heterocycles. The fraction of sp³-hybridized carbons (Fsp3) is 0.417. The molecule has 0 radical (unpaired) electrons. The number of hydrogen-bond acceptors (Lipinski definition) is 4. The molecule has 86 valence electrons. The lowest BCUT2D eigenvalue weighted by Gasteiger charge is -2.10. The summed E-state index contributed by atoms with van der Waals surface area (Å²) in [4.78, 5) is 4.26. The zero-order chi connectivity index (χ0) is 11.5. The van der Waals surface area contributed by atoms with Crippen molar-refractivity contribution in [3.8, 4) is 0 Å². The summed E-state index contributed by atoms with van der Waals surface area (Å²) in [6.45, 7) is 2.76.